The summed E-state index contributed by atoms with van der Waals surface area (Å²) in [5.41, 5.74) is 4.35. The maximum absolute atomic E-state index is 11.1. The van der Waals surface area contributed by atoms with Gasteiger partial charge in [-0.2, -0.15) is 0 Å². The number of nitro groups is 1. The Balaban J connectivity index is 2.10. The maximum Gasteiger partial charge on any atom is 0.285 e. The molecule has 2 aromatic carbocycles. The van der Waals surface area contributed by atoms with E-state index >= 15 is 0 Å². The quantitative estimate of drug-likeness (QED) is 0.600. The number of nitrogens with zero attached hydrogens (tertiary/aromatic N) is 1. The van der Waals surface area contributed by atoms with E-state index in [-0.39, 0.29) is 10.6 Å². The molecule has 0 atom stereocenters. The van der Waals surface area contributed by atoms with Gasteiger partial charge >= 0.3 is 0 Å². The van der Waals surface area contributed by atoms with Gasteiger partial charge in [-0.15, -0.1) is 0 Å². The molecule has 0 unspecified atom stereocenters. The third-order valence-corrected chi connectivity index (χ3v) is 3.68. The van der Waals surface area contributed by atoms with E-state index in [1.54, 1.807) is 18.2 Å². The van der Waals surface area contributed by atoms with Crippen LogP contribution >= 0.6 is 0 Å². The summed E-state index contributed by atoms with van der Waals surface area (Å²) in [5, 5.41) is 11.1. The molecule has 0 aliphatic heterocycles. The fourth-order valence-electron chi connectivity index (χ4n) is 2.71. The van der Waals surface area contributed by atoms with Gasteiger partial charge in [0, 0.05) is 0 Å². The lowest BCUT2D eigenvalue weighted by Gasteiger charge is -2.16. The highest BCUT2D eigenvalue weighted by Gasteiger charge is 2.16. The molecule has 0 heterocycles. The summed E-state index contributed by atoms with van der Waals surface area (Å²) in [6.07, 6.45) is 4.65. The monoisotopic (exact) mass is 252 g/mol. The van der Waals surface area contributed by atoms with Crippen molar-refractivity contribution < 1.29 is 4.92 Å². The van der Waals surface area contributed by atoms with Gasteiger partial charge in [0.15, 0.2) is 0 Å². The van der Waals surface area contributed by atoms with Crippen LogP contribution in [-0.2, 0) is 12.8 Å². The van der Waals surface area contributed by atoms with Crippen molar-refractivity contribution in [1.82, 2.24) is 0 Å². The Morgan fingerprint density at radius 1 is 1.11 bits per heavy atom. The second kappa shape index (κ2) is 4.84. The van der Waals surface area contributed by atoms with E-state index in [0.717, 1.165) is 18.4 Å². The second-order valence-corrected chi connectivity index (χ2v) is 4.88. The molecular weight excluding hydrogens is 238 g/mol. The molecule has 3 heteroatoms. The Hall–Kier alpha value is -2.16. The largest absolute Gasteiger partial charge is 0.285 e. The molecule has 0 fully saturated rings. The van der Waals surface area contributed by atoms with E-state index in [0.29, 0.717) is 5.56 Å². The topological polar surface area (TPSA) is 43.1 Å². The van der Waals surface area contributed by atoms with Crippen molar-refractivity contribution in [2.24, 2.45) is 0 Å². The minimum absolute atomic E-state index is 0.0539. The van der Waals surface area contributed by atoms with Gasteiger partial charge in [0.2, 0.25) is 0 Å². The number of aryl methyl sites for hydroxylation is 2. The van der Waals surface area contributed by atoms with Crippen molar-refractivity contribution in [3.8, 4) is 11.1 Å². The van der Waals surface area contributed by atoms with Crippen LogP contribution in [0, 0.1) is 16.2 Å². The van der Waals surface area contributed by atoms with Gasteiger partial charge in [-0.1, -0.05) is 24.3 Å². The number of hydrogen-bond donors (Lipinski definition) is 0. The minimum Gasteiger partial charge on any atom is -0.258 e. The van der Waals surface area contributed by atoms with Gasteiger partial charge in [-0.3, -0.25) is 10.1 Å². The standard InChI is InChI=1S/C16H14NO2/c18-17(19)16-8-4-3-7-15(16)14-10-9-12-5-1-2-6-13(12)11-14/h3-4,7,9-11H,1-2,5-6H2. The molecule has 0 bridgehead atoms. The molecule has 0 saturated heterocycles. The van der Waals surface area contributed by atoms with Gasteiger partial charge in [-0.25, -0.2) is 0 Å². The van der Waals surface area contributed by atoms with Crippen molar-refractivity contribution in [2.45, 2.75) is 25.7 Å². The molecule has 0 saturated carbocycles. The Bertz CT molecular complexity index is 634. The molecule has 95 valence electrons. The van der Waals surface area contributed by atoms with E-state index in [1.165, 1.54) is 24.0 Å². The fraction of sp³-hybridized carbons (Fsp3) is 0.250. The molecule has 0 aromatic heterocycles. The molecule has 1 aliphatic rings. The number of benzene rings is 2. The zero-order chi connectivity index (χ0) is 13.2. The first-order chi connectivity index (χ1) is 9.25. The molecule has 2 aromatic rings. The van der Waals surface area contributed by atoms with Crippen LogP contribution < -0.4 is 0 Å². The maximum atomic E-state index is 11.1. The van der Waals surface area contributed by atoms with Crippen molar-refractivity contribution in [1.29, 1.82) is 0 Å². The lowest BCUT2D eigenvalue weighted by molar-refractivity contribution is -0.384. The molecule has 0 N–H and O–H groups in total. The van der Waals surface area contributed by atoms with Crippen LogP contribution in [0.5, 0.6) is 0 Å². The summed E-state index contributed by atoms with van der Waals surface area (Å²) < 4.78 is 0. The Kier molecular flexibility index (Phi) is 3.03. The van der Waals surface area contributed by atoms with Gasteiger partial charge in [-0.05, 0) is 54.5 Å². The number of rotatable bonds is 2. The van der Waals surface area contributed by atoms with Crippen molar-refractivity contribution in [3.05, 3.63) is 63.7 Å². The summed E-state index contributed by atoms with van der Waals surface area (Å²) in [6.45, 7) is 0. The third kappa shape index (κ3) is 2.24. The van der Waals surface area contributed by atoms with Crippen LogP contribution in [0.3, 0.4) is 0 Å². The van der Waals surface area contributed by atoms with E-state index in [2.05, 4.69) is 18.2 Å². The van der Waals surface area contributed by atoms with Crippen LogP contribution in [0.25, 0.3) is 11.1 Å². The van der Waals surface area contributed by atoms with Crippen LogP contribution in [0.4, 0.5) is 5.69 Å². The Morgan fingerprint density at radius 3 is 2.68 bits per heavy atom. The summed E-state index contributed by atoms with van der Waals surface area (Å²) in [6, 6.07) is 14.1. The van der Waals surface area contributed by atoms with E-state index < -0.39 is 0 Å². The van der Waals surface area contributed by atoms with Gasteiger partial charge in [0.1, 0.15) is 0 Å². The van der Waals surface area contributed by atoms with E-state index in [9.17, 15) is 10.1 Å². The molecule has 3 rings (SSSR count). The van der Waals surface area contributed by atoms with Crippen LogP contribution in [0.1, 0.15) is 24.0 Å². The first kappa shape index (κ1) is 11.9. The van der Waals surface area contributed by atoms with E-state index in [4.69, 9.17) is 0 Å². The van der Waals surface area contributed by atoms with Gasteiger partial charge in [0.25, 0.3) is 5.69 Å². The first-order valence-electron chi connectivity index (χ1n) is 6.53. The first-order valence-corrected chi connectivity index (χ1v) is 6.53. The van der Waals surface area contributed by atoms with Gasteiger partial charge in [0.05, 0.1) is 16.6 Å². The van der Waals surface area contributed by atoms with Crippen molar-refractivity contribution in [3.63, 3.8) is 0 Å². The highest BCUT2D eigenvalue weighted by atomic mass is 16.6. The summed E-state index contributed by atoms with van der Waals surface area (Å²) >= 11 is 0. The molecule has 3 nitrogen and oxygen atoms in total. The predicted octanol–water partition coefficient (Wildman–Crippen LogP) is 3.94. The number of nitro benzene ring substituents is 1. The lowest BCUT2D eigenvalue weighted by Crippen LogP contribution is -2.02. The van der Waals surface area contributed by atoms with Crippen LogP contribution in [0.15, 0.2) is 36.4 Å². The fourth-order valence-corrected chi connectivity index (χ4v) is 2.71. The molecule has 1 aliphatic carbocycles. The number of fused-ring (bicyclic) bond motifs is 1. The summed E-state index contributed by atoms with van der Waals surface area (Å²) in [5.74, 6) is 0. The summed E-state index contributed by atoms with van der Waals surface area (Å²) in [4.78, 5) is 10.7. The van der Waals surface area contributed by atoms with E-state index in [1.807, 2.05) is 6.07 Å². The van der Waals surface area contributed by atoms with Crippen molar-refractivity contribution >= 4 is 5.69 Å². The zero-order valence-electron chi connectivity index (χ0n) is 10.6. The third-order valence-electron chi connectivity index (χ3n) is 3.68. The average molecular weight is 252 g/mol. The predicted molar refractivity (Wildman–Crippen MR) is 74.0 cm³/mol. The Labute approximate surface area is 112 Å². The SMILES string of the molecule is O=[N+]([O-])c1[c]cccc1-c1ccc2c(c1)CCCC2. The van der Waals surface area contributed by atoms with Crippen LogP contribution in [-0.4, -0.2) is 4.92 Å². The number of hydrogen-bond acceptors (Lipinski definition) is 2. The molecule has 1 radical (unpaired) electrons. The highest BCUT2D eigenvalue weighted by Crippen LogP contribution is 2.32. The molecule has 19 heavy (non-hydrogen) atoms. The number of para-hydroxylation sites is 1. The molecule has 0 amide bonds. The highest BCUT2D eigenvalue weighted by molar-refractivity contribution is 5.73. The lowest BCUT2D eigenvalue weighted by atomic mass is 9.89. The normalized spacial score (nSPS) is 13.9. The molecule has 0 spiro atoms. The molecular formula is C16H14NO2. The Morgan fingerprint density at radius 2 is 1.89 bits per heavy atom. The average Bonchev–Trinajstić information content (AvgIpc) is 2.46. The van der Waals surface area contributed by atoms with Crippen LogP contribution in [0.2, 0.25) is 0 Å². The van der Waals surface area contributed by atoms with Crippen molar-refractivity contribution in [2.75, 3.05) is 0 Å². The smallest absolute Gasteiger partial charge is 0.258 e. The van der Waals surface area contributed by atoms with Gasteiger partial charge < -0.3 is 0 Å². The zero-order valence-corrected chi connectivity index (χ0v) is 10.6. The second-order valence-electron chi connectivity index (χ2n) is 4.88. The summed E-state index contributed by atoms with van der Waals surface area (Å²) in [7, 11) is 0. The minimum atomic E-state index is -0.366.